The van der Waals surface area contributed by atoms with Crippen LogP contribution >= 0.6 is 24.2 Å². The van der Waals surface area contributed by atoms with Gasteiger partial charge in [0, 0.05) is 0 Å². The Morgan fingerprint density at radius 3 is 2.42 bits per heavy atom. The molecule has 1 rings (SSSR count). The van der Waals surface area contributed by atoms with Gasteiger partial charge in [-0.3, -0.25) is 0 Å². The van der Waals surface area contributed by atoms with Gasteiger partial charge in [0.25, 0.3) is 0 Å². The van der Waals surface area contributed by atoms with Crippen LogP contribution in [-0.2, 0) is 6.18 Å². The maximum absolute atomic E-state index is 12.4. The molecule has 0 atom stereocenters. The zero-order valence-corrected chi connectivity index (χ0v) is 11.4. The molecule has 9 heteroatoms. The van der Waals surface area contributed by atoms with E-state index < -0.39 is 11.7 Å². The van der Waals surface area contributed by atoms with E-state index in [0.29, 0.717) is 0 Å². The summed E-state index contributed by atoms with van der Waals surface area (Å²) >= 11 is 1.16. The molecule has 4 N–H and O–H groups in total. The Balaban J connectivity index is 0.00000324. The molecule has 0 amide bonds. The van der Waals surface area contributed by atoms with Crippen LogP contribution in [0.1, 0.15) is 5.56 Å². The summed E-state index contributed by atoms with van der Waals surface area (Å²) in [4.78, 5) is 7.42. The van der Waals surface area contributed by atoms with Gasteiger partial charge in [-0.15, -0.1) is 12.4 Å². The third kappa shape index (κ3) is 5.84. The van der Waals surface area contributed by atoms with Crippen LogP contribution in [0.4, 0.5) is 18.9 Å². The largest absolute Gasteiger partial charge is 0.416 e. The SMILES string of the molecule is CS/C(N)=N/C(N)=Nc1cccc(C(F)(F)F)c1.Cl. The molecule has 1 aromatic rings. The van der Waals surface area contributed by atoms with Crippen LogP contribution in [0.15, 0.2) is 34.3 Å². The van der Waals surface area contributed by atoms with Crippen LogP contribution in [0.25, 0.3) is 0 Å². The number of thioether (sulfide) groups is 1. The maximum atomic E-state index is 12.4. The first-order chi connectivity index (χ1) is 8.32. The highest BCUT2D eigenvalue weighted by molar-refractivity contribution is 8.13. The standard InChI is InChI=1S/C10H11F3N4S.ClH/c1-18-9(15)17-8(14)16-7-4-2-3-6(5-7)10(11,12)13;/h2-5H,1H3,(H4,14,15,16,17);1H. The van der Waals surface area contributed by atoms with Crippen molar-refractivity contribution in [2.45, 2.75) is 6.18 Å². The zero-order valence-electron chi connectivity index (χ0n) is 9.81. The van der Waals surface area contributed by atoms with Crippen LogP contribution in [0.5, 0.6) is 0 Å². The van der Waals surface area contributed by atoms with E-state index >= 15 is 0 Å². The van der Waals surface area contributed by atoms with Crippen molar-refractivity contribution in [2.75, 3.05) is 6.26 Å². The first-order valence-corrected chi connectivity index (χ1v) is 5.95. The van der Waals surface area contributed by atoms with E-state index in [-0.39, 0.29) is 29.2 Å². The fourth-order valence-corrected chi connectivity index (χ4v) is 1.25. The van der Waals surface area contributed by atoms with Gasteiger partial charge >= 0.3 is 6.18 Å². The summed E-state index contributed by atoms with van der Waals surface area (Å²) in [5.41, 5.74) is 10.1. The molecule has 0 bridgehead atoms. The number of nitrogens with two attached hydrogens (primary N) is 2. The normalized spacial score (nSPS) is 13.1. The first kappa shape index (κ1) is 17.6. The summed E-state index contributed by atoms with van der Waals surface area (Å²) in [7, 11) is 0. The second kappa shape index (κ2) is 7.25. The van der Waals surface area contributed by atoms with Gasteiger partial charge in [-0.1, -0.05) is 17.8 Å². The van der Waals surface area contributed by atoms with Gasteiger partial charge in [-0.25, -0.2) is 4.99 Å². The van der Waals surface area contributed by atoms with Crippen molar-refractivity contribution in [1.29, 1.82) is 0 Å². The highest BCUT2D eigenvalue weighted by atomic mass is 35.5. The van der Waals surface area contributed by atoms with E-state index in [1.54, 1.807) is 6.26 Å². The van der Waals surface area contributed by atoms with E-state index in [9.17, 15) is 13.2 Å². The molecule has 0 aromatic heterocycles. The lowest BCUT2D eigenvalue weighted by Gasteiger charge is -2.06. The summed E-state index contributed by atoms with van der Waals surface area (Å²) < 4.78 is 37.3. The van der Waals surface area contributed by atoms with Gasteiger partial charge in [-0.2, -0.15) is 18.2 Å². The Labute approximate surface area is 118 Å². The Morgan fingerprint density at radius 2 is 1.89 bits per heavy atom. The summed E-state index contributed by atoms with van der Waals surface area (Å²) in [5.74, 6) is -0.193. The van der Waals surface area contributed by atoms with Gasteiger partial charge in [-0.05, 0) is 24.5 Å². The van der Waals surface area contributed by atoms with Crippen LogP contribution in [0.3, 0.4) is 0 Å². The molecule has 0 aliphatic rings. The number of guanidine groups is 1. The number of rotatable bonds is 1. The van der Waals surface area contributed by atoms with Gasteiger partial charge in [0.05, 0.1) is 11.3 Å². The third-order valence-corrected chi connectivity index (χ3v) is 2.36. The molecule has 0 radical (unpaired) electrons. The molecule has 4 nitrogen and oxygen atoms in total. The molecule has 1 aromatic carbocycles. The van der Waals surface area contributed by atoms with Crippen LogP contribution in [0.2, 0.25) is 0 Å². The highest BCUT2D eigenvalue weighted by Crippen LogP contribution is 2.31. The number of hydrogen-bond donors (Lipinski definition) is 2. The molecule has 0 aliphatic carbocycles. The maximum Gasteiger partial charge on any atom is 0.416 e. The predicted molar refractivity (Wildman–Crippen MR) is 75.1 cm³/mol. The minimum Gasteiger partial charge on any atom is -0.378 e. The van der Waals surface area contributed by atoms with Crippen LogP contribution < -0.4 is 11.5 Å². The fourth-order valence-electron chi connectivity index (χ4n) is 1.07. The van der Waals surface area contributed by atoms with E-state index in [4.69, 9.17) is 11.5 Å². The number of amidine groups is 1. The molecule has 0 unspecified atom stereocenters. The number of halogens is 4. The van der Waals surface area contributed by atoms with Crippen molar-refractivity contribution in [1.82, 2.24) is 0 Å². The van der Waals surface area contributed by atoms with Crippen LogP contribution in [0, 0.1) is 0 Å². The molecule has 106 valence electrons. The number of aliphatic imine (C=N–C) groups is 2. The smallest absolute Gasteiger partial charge is 0.378 e. The number of nitrogens with zero attached hydrogens (tertiary/aromatic N) is 2. The summed E-state index contributed by atoms with van der Waals surface area (Å²) in [5, 5.41) is 0.184. The van der Waals surface area contributed by atoms with Crippen molar-refractivity contribution in [3.8, 4) is 0 Å². The van der Waals surface area contributed by atoms with E-state index in [1.807, 2.05) is 0 Å². The van der Waals surface area contributed by atoms with Crippen molar-refractivity contribution < 1.29 is 13.2 Å². The second-order valence-electron chi connectivity index (χ2n) is 3.17. The Kier molecular flexibility index (Phi) is 6.71. The molecule has 0 saturated heterocycles. The molecule has 0 fully saturated rings. The van der Waals surface area contributed by atoms with Crippen LogP contribution in [-0.4, -0.2) is 17.4 Å². The Bertz CT molecular complexity index is 488. The van der Waals surface area contributed by atoms with Crippen molar-refractivity contribution >= 4 is 41.0 Å². The first-order valence-electron chi connectivity index (χ1n) is 4.72. The van der Waals surface area contributed by atoms with E-state index in [1.165, 1.54) is 12.1 Å². The lowest BCUT2D eigenvalue weighted by Crippen LogP contribution is -2.15. The van der Waals surface area contributed by atoms with Crippen molar-refractivity contribution in [3.05, 3.63) is 29.8 Å². The lowest BCUT2D eigenvalue weighted by molar-refractivity contribution is -0.137. The fraction of sp³-hybridized carbons (Fsp3) is 0.200. The Hall–Kier alpha value is -1.41. The molecule has 0 saturated carbocycles. The van der Waals surface area contributed by atoms with E-state index in [0.717, 1.165) is 23.9 Å². The van der Waals surface area contributed by atoms with E-state index in [2.05, 4.69) is 9.98 Å². The molecule has 0 aliphatic heterocycles. The second-order valence-corrected chi connectivity index (χ2v) is 4.00. The Morgan fingerprint density at radius 1 is 1.26 bits per heavy atom. The average molecular weight is 313 g/mol. The van der Waals surface area contributed by atoms with Crippen molar-refractivity contribution in [3.63, 3.8) is 0 Å². The van der Waals surface area contributed by atoms with Gasteiger partial charge in [0.15, 0.2) is 5.17 Å². The molecule has 19 heavy (non-hydrogen) atoms. The summed E-state index contributed by atoms with van der Waals surface area (Å²) in [6, 6.07) is 4.48. The average Bonchev–Trinajstić information content (AvgIpc) is 2.27. The van der Waals surface area contributed by atoms with Gasteiger partial charge in [0.1, 0.15) is 0 Å². The summed E-state index contributed by atoms with van der Waals surface area (Å²) in [6.07, 6.45) is -2.72. The zero-order chi connectivity index (χ0) is 13.8. The topological polar surface area (TPSA) is 76.8 Å². The minimum atomic E-state index is -4.41. The third-order valence-electron chi connectivity index (χ3n) is 1.85. The van der Waals surface area contributed by atoms with Gasteiger partial charge in [0.2, 0.25) is 5.96 Å². The highest BCUT2D eigenvalue weighted by Gasteiger charge is 2.30. The minimum absolute atomic E-state index is 0. The summed E-state index contributed by atoms with van der Waals surface area (Å²) in [6.45, 7) is 0. The van der Waals surface area contributed by atoms with Gasteiger partial charge < -0.3 is 11.5 Å². The predicted octanol–water partition coefficient (Wildman–Crippen LogP) is 2.75. The molecular formula is C10H12ClF3N4S. The number of alkyl halides is 3. The quantitative estimate of drug-likeness (QED) is 0.618. The monoisotopic (exact) mass is 312 g/mol. The number of hydrogen-bond acceptors (Lipinski definition) is 2. The lowest BCUT2D eigenvalue weighted by atomic mass is 10.2. The van der Waals surface area contributed by atoms with Crippen molar-refractivity contribution in [2.24, 2.45) is 21.5 Å². The molecular weight excluding hydrogens is 301 g/mol. The molecule has 0 heterocycles. The molecule has 0 spiro atoms. The number of benzene rings is 1.